The monoisotopic (exact) mass is 429 g/mol. The van der Waals surface area contributed by atoms with E-state index < -0.39 is 21.6 Å². The van der Waals surface area contributed by atoms with Crippen LogP contribution in [0.1, 0.15) is 15.9 Å². The molecule has 0 bridgehead atoms. The summed E-state index contributed by atoms with van der Waals surface area (Å²) in [6.45, 7) is 1.26. The molecule has 2 heterocycles. The van der Waals surface area contributed by atoms with Crippen LogP contribution < -0.4 is 5.63 Å². The van der Waals surface area contributed by atoms with Gasteiger partial charge >= 0.3 is 11.6 Å². The molecule has 9 heteroatoms. The molecule has 1 aromatic heterocycles. The average molecular weight is 429 g/mol. The number of rotatable bonds is 5. The number of hydrogen-bond donors (Lipinski definition) is 0. The number of para-hydroxylation sites is 1. The number of morpholine rings is 1. The van der Waals surface area contributed by atoms with Crippen LogP contribution >= 0.6 is 0 Å². The minimum Gasteiger partial charge on any atom is -0.457 e. The van der Waals surface area contributed by atoms with E-state index in [0.29, 0.717) is 42.8 Å². The zero-order valence-corrected chi connectivity index (χ0v) is 16.8. The summed E-state index contributed by atoms with van der Waals surface area (Å²) in [4.78, 5) is 24.5. The third-order valence-electron chi connectivity index (χ3n) is 4.76. The smallest absolute Gasteiger partial charge is 0.351 e. The Kier molecular flexibility index (Phi) is 5.67. The molecule has 0 unspecified atom stereocenters. The third kappa shape index (κ3) is 4.13. The Balaban J connectivity index is 1.45. The van der Waals surface area contributed by atoms with Crippen molar-refractivity contribution in [2.45, 2.75) is 11.5 Å². The van der Waals surface area contributed by atoms with Crippen LogP contribution in [0.3, 0.4) is 0 Å². The number of hydrogen-bond acceptors (Lipinski definition) is 7. The van der Waals surface area contributed by atoms with E-state index in [1.54, 1.807) is 36.4 Å². The van der Waals surface area contributed by atoms with Gasteiger partial charge in [0.05, 0.1) is 18.1 Å². The standard InChI is InChI=1S/C21H19NO7S/c23-20(18-13-16-3-1-2-4-19(16)29-21(18)24)28-14-15-5-7-17(8-6-15)30(25,26)22-9-11-27-12-10-22/h1-8,13H,9-12,14H2. The van der Waals surface area contributed by atoms with Crippen molar-refractivity contribution >= 4 is 27.0 Å². The molecule has 0 N–H and O–H groups in total. The molecular formula is C21H19NO7S. The molecule has 0 aliphatic carbocycles. The summed E-state index contributed by atoms with van der Waals surface area (Å²) in [6.07, 6.45) is 0. The highest BCUT2D eigenvalue weighted by molar-refractivity contribution is 7.89. The van der Waals surface area contributed by atoms with Crippen LogP contribution in [0.4, 0.5) is 0 Å². The van der Waals surface area contributed by atoms with Crippen molar-refractivity contribution in [2.24, 2.45) is 0 Å². The lowest BCUT2D eigenvalue weighted by Crippen LogP contribution is -2.40. The van der Waals surface area contributed by atoms with E-state index >= 15 is 0 Å². The quantitative estimate of drug-likeness (QED) is 0.452. The Labute approximate surface area is 172 Å². The molecule has 0 amide bonds. The molecule has 8 nitrogen and oxygen atoms in total. The van der Waals surface area contributed by atoms with Crippen LogP contribution in [-0.2, 0) is 26.1 Å². The van der Waals surface area contributed by atoms with Gasteiger partial charge in [-0.3, -0.25) is 0 Å². The molecule has 0 atom stereocenters. The van der Waals surface area contributed by atoms with Crippen molar-refractivity contribution in [2.75, 3.05) is 26.3 Å². The van der Waals surface area contributed by atoms with Crippen molar-refractivity contribution in [1.29, 1.82) is 0 Å². The lowest BCUT2D eigenvalue weighted by Gasteiger charge is -2.26. The summed E-state index contributed by atoms with van der Waals surface area (Å²) >= 11 is 0. The van der Waals surface area contributed by atoms with Gasteiger partial charge < -0.3 is 13.9 Å². The average Bonchev–Trinajstić information content (AvgIpc) is 2.78. The third-order valence-corrected chi connectivity index (χ3v) is 6.68. The predicted molar refractivity (Wildman–Crippen MR) is 108 cm³/mol. The van der Waals surface area contributed by atoms with Crippen LogP contribution in [-0.4, -0.2) is 45.0 Å². The Hall–Kier alpha value is -3.01. The van der Waals surface area contributed by atoms with Gasteiger partial charge in [-0.05, 0) is 29.8 Å². The van der Waals surface area contributed by atoms with E-state index in [2.05, 4.69) is 0 Å². The molecule has 2 aromatic carbocycles. The molecule has 1 fully saturated rings. The lowest BCUT2D eigenvalue weighted by atomic mass is 10.2. The molecule has 0 spiro atoms. The van der Waals surface area contributed by atoms with Gasteiger partial charge in [0.2, 0.25) is 10.0 Å². The molecule has 1 aliphatic rings. The maximum atomic E-state index is 12.6. The first-order chi connectivity index (χ1) is 14.4. The highest BCUT2D eigenvalue weighted by atomic mass is 32.2. The van der Waals surface area contributed by atoms with Gasteiger partial charge in [0, 0.05) is 18.5 Å². The minimum atomic E-state index is -3.59. The highest BCUT2D eigenvalue weighted by Gasteiger charge is 2.26. The molecule has 1 saturated heterocycles. The van der Waals surface area contributed by atoms with Crippen molar-refractivity contribution in [3.63, 3.8) is 0 Å². The Bertz CT molecular complexity index is 1230. The fourth-order valence-electron chi connectivity index (χ4n) is 3.12. The van der Waals surface area contributed by atoms with Crippen molar-refractivity contribution < 1.29 is 27.1 Å². The summed E-state index contributed by atoms with van der Waals surface area (Å²) in [5, 5.41) is 0.613. The number of esters is 1. The predicted octanol–water partition coefficient (Wildman–Crippen LogP) is 2.17. The number of sulfonamides is 1. The molecule has 0 saturated carbocycles. The molecular weight excluding hydrogens is 410 g/mol. The topological polar surface area (TPSA) is 103 Å². The zero-order valence-electron chi connectivity index (χ0n) is 15.9. The largest absolute Gasteiger partial charge is 0.457 e. The van der Waals surface area contributed by atoms with E-state index in [4.69, 9.17) is 13.9 Å². The van der Waals surface area contributed by atoms with Crippen molar-refractivity contribution in [1.82, 2.24) is 4.31 Å². The maximum absolute atomic E-state index is 12.6. The summed E-state index contributed by atoms with van der Waals surface area (Å²) < 4.78 is 42.2. The molecule has 1 aliphatic heterocycles. The number of carbonyl (C=O) groups excluding carboxylic acids is 1. The van der Waals surface area contributed by atoms with Crippen molar-refractivity contribution in [3.8, 4) is 0 Å². The Morgan fingerprint density at radius 3 is 2.47 bits per heavy atom. The van der Waals surface area contributed by atoms with Gasteiger partial charge in [-0.25, -0.2) is 18.0 Å². The summed E-state index contributed by atoms with van der Waals surface area (Å²) in [5.74, 6) is -0.806. The van der Waals surface area contributed by atoms with Crippen LogP contribution in [0, 0.1) is 0 Å². The first-order valence-electron chi connectivity index (χ1n) is 9.32. The fraction of sp³-hybridized carbons (Fsp3) is 0.238. The van der Waals surface area contributed by atoms with Crippen LogP contribution in [0.25, 0.3) is 11.0 Å². The van der Waals surface area contributed by atoms with Gasteiger partial charge in [-0.2, -0.15) is 4.31 Å². The fourth-order valence-corrected chi connectivity index (χ4v) is 4.53. The van der Waals surface area contributed by atoms with Crippen LogP contribution in [0.2, 0.25) is 0 Å². The van der Waals surface area contributed by atoms with Gasteiger partial charge in [0.1, 0.15) is 17.8 Å². The number of ether oxygens (including phenoxy) is 2. The van der Waals surface area contributed by atoms with Crippen LogP contribution in [0.15, 0.2) is 68.7 Å². The Morgan fingerprint density at radius 1 is 1.03 bits per heavy atom. The molecule has 3 aromatic rings. The second-order valence-electron chi connectivity index (χ2n) is 6.72. The number of carbonyl (C=O) groups is 1. The van der Waals surface area contributed by atoms with Crippen molar-refractivity contribution in [3.05, 3.63) is 76.1 Å². The van der Waals surface area contributed by atoms with Gasteiger partial charge in [-0.15, -0.1) is 0 Å². The lowest BCUT2D eigenvalue weighted by molar-refractivity contribution is 0.0468. The van der Waals surface area contributed by atoms with E-state index in [0.717, 1.165) is 0 Å². The normalized spacial score (nSPS) is 15.2. The zero-order chi connectivity index (χ0) is 21.1. The first-order valence-corrected chi connectivity index (χ1v) is 10.8. The second kappa shape index (κ2) is 8.39. The van der Waals surface area contributed by atoms with E-state index in [1.165, 1.54) is 22.5 Å². The van der Waals surface area contributed by atoms with Gasteiger partial charge in [-0.1, -0.05) is 30.3 Å². The molecule has 0 radical (unpaired) electrons. The van der Waals surface area contributed by atoms with E-state index in [9.17, 15) is 18.0 Å². The maximum Gasteiger partial charge on any atom is 0.351 e. The van der Waals surface area contributed by atoms with Crippen LogP contribution in [0.5, 0.6) is 0 Å². The molecule has 156 valence electrons. The van der Waals surface area contributed by atoms with Gasteiger partial charge in [0.25, 0.3) is 0 Å². The van der Waals surface area contributed by atoms with E-state index in [-0.39, 0.29) is 17.1 Å². The summed E-state index contributed by atoms with van der Waals surface area (Å²) in [6, 6.07) is 14.4. The summed E-state index contributed by atoms with van der Waals surface area (Å²) in [5.41, 5.74) is 0.0106. The molecule has 30 heavy (non-hydrogen) atoms. The van der Waals surface area contributed by atoms with Gasteiger partial charge in [0.15, 0.2) is 0 Å². The number of nitrogens with zero attached hydrogens (tertiary/aromatic N) is 1. The van der Waals surface area contributed by atoms with E-state index in [1.807, 2.05) is 0 Å². The minimum absolute atomic E-state index is 0.108. The Morgan fingerprint density at radius 2 is 1.73 bits per heavy atom. The highest BCUT2D eigenvalue weighted by Crippen LogP contribution is 2.18. The summed E-state index contributed by atoms with van der Waals surface area (Å²) in [7, 11) is -3.59. The number of fused-ring (bicyclic) bond motifs is 1. The first kappa shape index (κ1) is 20.3. The molecule has 4 rings (SSSR count). The number of benzene rings is 2. The SMILES string of the molecule is O=C(OCc1ccc(S(=O)(=O)N2CCOCC2)cc1)c1cc2ccccc2oc1=O. The second-order valence-corrected chi connectivity index (χ2v) is 8.66.